The quantitative estimate of drug-likeness (QED) is 0.566. The van der Waals surface area contributed by atoms with Crippen molar-refractivity contribution in [3.05, 3.63) is 59.2 Å². The molecule has 30 heavy (non-hydrogen) atoms. The van der Waals surface area contributed by atoms with Crippen molar-refractivity contribution in [3.8, 4) is 11.5 Å². The van der Waals surface area contributed by atoms with Gasteiger partial charge in [-0.2, -0.15) is 0 Å². The number of ether oxygens (including phenoxy) is 2. The minimum absolute atomic E-state index is 0.0233. The molecule has 1 aliphatic heterocycles. The Hall–Kier alpha value is -3.22. The van der Waals surface area contributed by atoms with Gasteiger partial charge in [-0.1, -0.05) is 30.3 Å². The van der Waals surface area contributed by atoms with E-state index < -0.39 is 0 Å². The molecule has 7 heteroatoms. The Bertz CT molecular complexity index is 911. The van der Waals surface area contributed by atoms with Crippen LogP contribution in [0.1, 0.15) is 29.2 Å². The summed E-state index contributed by atoms with van der Waals surface area (Å²) in [5.41, 5.74) is 3.20. The molecule has 0 aromatic heterocycles. The van der Waals surface area contributed by atoms with E-state index >= 15 is 0 Å². The van der Waals surface area contributed by atoms with Gasteiger partial charge in [-0.05, 0) is 24.6 Å². The molecule has 2 aromatic rings. The zero-order chi connectivity index (χ0) is 21.5. The van der Waals surface area contributed by atoms with E-state index in [4.69, 9.17) is 14.5 Å². The highest BCUT2D eigenvalue weighted by atomic mass is 16.5. The number of para-hydroxylation sites is 1. The number of fused-ring (bicyclic) bond motifs is 1. The van der Waals surface area contributed by atoms with Crippen molar-refractivity contribution in [1.82, 2.24) is 15.5 Å². The maximum Gasteiger partial charge on any atom is 0.241 e. The van der Waals surface area contributed by atoms with Gasteiger partial charge in [-0.15, -0.1) is 0 Å². The molecule has 0 fully saturated rings. The van der Waals surface area contributed by atoms with Gasteiger partial charge in [0.25, 0.3) is 0 Å². The number of carbonyl (C=O) groups excluding carboxylic acids is 1. The van der Waals surface area contributed by atoms with Crippen LogP contribution in [0.2, 0.25) is 0 Å². The Balaban J connectivity index is 1.80. The summed E-state index contributed by atoms with van der Waals surface area (Å²) in [5, 5.41) is 6.64. The molecule has 160 valence electrons. The number of methoxy groups -OCH3 is 1. The Morgan fingerprint density at radius 2 is 2.07 bits per heavy atom. The van der Waals surface area contributed by atoms with E-state index in [0.29, 0.717) is 19.1 Å². The summed E-state index contributed by atoms with van der Waals surface area (Å²) in [6, 6.07) is 14.1. The monoisotopic (exact) mass is 410 g/mol. The number of carbonyl (C=O) groups is 1. The number of nitrogens with one attached hydrogen (secondary N) is 2. The Morgan fingerprint density at radius 1 is 1.27 bits per heavy atom. The fourth-order valence-electron chi connectivity index (χ4n) is 3.27. The highest BCUT2D eigenvalue weighted by Gasteiger charge is 2.22. The average molecular weight is 411 g/mol. The number of amides is 1. The molecule has 1 atom stereocenters. The third-order valence-electron chi connectivity index (χ3n) is 5.03. The van der Waals surface area contributed by atoms with Crippen LogP contribution in [0.4, 0.5) is 0 Å². The lowest BCUT2D eigenvalue weighted by atomic mass is 10.0. The van der Waals surface area contributed by atoms with Crippen LogP contribution >= 0.6 is 0 Å². The average Bonchev–Trinajstić information content (AvgIpc) is 2.75. The lowest BCUT2D eigenvalue weighted by Gasteiger charge is -2.28. The molecule has 0 saturated heterocycles. The standard InChI is InChI=1S/C23H30N4O3/c1-16-9-10-17(21(13-16)29-4)14-24-23(25-15-22(28)27(2)3)26-19-11-12-30-20-8-6-5-7-18(19)20/h5-10,13,19H,11-12,14-15H2,1-4H3,(H2,24,25,26). The molecule has 3 rings (SSSR count). The minimum Gasteiger partial charge on any atom is -0.496 e. The number of benzene rings is 2. The summed E-state index contributed by atoms with van der Waals surface area (Å²) < 4.78 is 11.3. The maximum atomic E-state index is 12.1. The third kappa shape index (κ3) is 5.43. The van der Waals surface area contributed by atoms with E-state index in [-0.39, 0.29) is 18.5 Å². The summed E-state index contributed by atoms with van der Waals surface area (Å²) in [5.74, 6) is 2.24. The van der Waals surface area contributed by atoms with E-state index in [1.165, 1.54) is 0 Å². The molecule has 2 N–H and O–H groups in total. The van der Waals surface area contributed by atoms with E-state index in [9.17, 15) is 4.79 Å². The molecular weight excluding hydrogens is 380 g/mol. The summed E-state index contributed by atoms with van der Waals surface area (Å²) >= 11 is 0. The lowest BCUT2D eigenvalue weighted by Crippen LogP contribution is -2.45. The smallest absolute Gasteiger partial charge is 0.241 e. The number of hydrogen-bond donors (Lipinski definition) is 2. The summed E-state index contributed by atoms with van der Waals surface area (Å²) in [6.07, 6.45) is 0.813. The van der Waals surface area contributed by atoms with E-state index in [1.807, 2.05) is 43.3 Å². The van der Waals surface area contributed by atoms with Crippen LogP contribution in [0.15, 0.2) is 47.5 Å². The molecule has 0 radical (unpaired) electrons. The number of guanidine groups is 1. The zero-order valence-electron chi connectivity index (χ0n) is 18.1. The van der Waals surface area contributed by atoms with Gasteiger partial charge in [0.05, 0.1) is 32.8 Å². The van der Waals surface area contributed by atoms with Crippen molar-refractivity contribution in [2.45, 2.75) is 25.9 Å². The molecule has 0 saturated carbocycles. The number of likely N-dealkylation sites (N-methyl/N-ethyl adjacent to an activating group) is 1. The number of aliphatic imine (C=N–C) groups is 1. The highest BCUT2D eigenvalue weighted by molar-refractivity contribution is 5.86. The van der Waals surface area contributed by atoms with Crippen molar-refractivity contribution in [2.24, 2.45) is 4.99 Å². The van der Waals surface area contributed by atoms with Crippen molar-refractivity contribution in [1.29, 1.82) is 0 Å². The normalized spacial score (nSPS) is 15.6. The lowest BCUT2D eigenvalue weighted by molar-refractivity contribution is -0.127. The molecule has 1 heterocycles. The molecular formula is C23H30N4O3. The predicted molar refractivity (Wildman–Crippen MR) is 118 cm³/mol. The molecule has 0 spiro atoms. The van der Waals surface area contributed by atoms with Crippen molar-refractivity contribution < 1.29 is 14.3 Å². The number of hydrogen-bond acceptors (Lipinski definition) is 4. The van der Waals surface area contributed by atoms with Gasteiger partial charge in [-0.25, -0.2) is 4.99 Å². The molecule has 1 amide bonds. The first-order valence-electron chi connectivity index (χ1n) is 10.1. The first kappa shape index (κ1) is 21.5. The topological polar surface area (TPSA) is 75.2 Å². The first-order chi connectivity index (χ1) is 14.5. The van der Waals surface area contributed by atoms with Gasteiger partial charge in [0.15, 0.2) is 5.96 Å². The van der Waals surface area contributed by atoms with Crippen molar-refractivity contribution >= 4 is 11.9 Å². The second-order valence-corrected chi connectivity index (χ2v) is 7.49. The molecule has 0 bridgehead atoms. The molecule has 2 aromatic carbocycles. The second-order valence-electron chi connectivity index (χ2n) is 7.49. The maximum absolute atomic E-state index is 12.1. The van der Waals surface area contributed by atoms with E-state index in [1.54, 1.807) is 26.1 Å². The van der Waals surface area contributed by atoms with Crippen LogP contribution in [0.5, 0.6) is 11.5 Å². The van der Waals surface area contributed by atoms with Crippen LogP contribution in [0, 0.1) is 6.92 Å². The fourth-order valence-corrected chi connectivity index (χ4v) is 3.27. The van der Waals surface area contributed by atoms with Crippen LogP contribution in [0.25, 0.3) is 0 Å². The Kier molecular flexibility index (Phi) is 7.17. The predicted octanol–water partition coefficient (Wildman–Crippen LogP) is 2.65. The van der Waals surface area contributed by atoms with Crippen LogP contribution in [-0.4, -0.2) is 51.1 Å². The van der Waals surface area contributed by atoms with E-state index in [0.717, 1.165) is 34.6 Å². The van der Waals surface area contributed by atoms with Gasteiger partial charge >= 0.3 is 0 Å². The highest BCUT2D eigenvalue weighted by Crippen LogP contribution is 2.31. The van der Waals surface area contributed by atoms with Gasteiger partial charge in [-0.3, -0.25) is 4.79 Å². The van der Waals surface area contributed by atoms with Gasteiger partial charge in [0.1, 0.15) is 11.5 Å². The molecule has 1 unspecified atom stereocenters. The van der Waals surface area contributed by atoms with E-state index in [2.05, 4.69) is 16.7 Å². The first-order valence-corrected chi connectivity index (χ1v) is 10.1. The Labute approximate surface area is 178 Å². The SMILES string of the molecule is COc1cc(C)ccc1CN=C(NCC(=O)N(C)C)NC1CCOc2ccccc21. The third-order valence-corrected chi connectivity index (χ3v) is 5.03. The van der Waals surface area contributed by atoms with Crippen molar-refractivity contribution in [2.75, 3.05) is 34.4 Å². The largest absolute Gasteiger partial charge is 0.496 e. The number of nitrogens with zero attached hydrogens (tertiary/aromatic N) is 2. The van der Waals surface area contributed by atoms with Crippen LogP contribution < -0.4 is 20.1 Å². The minimum atomic E-state index is -0.0233. The zero-order valence-corrected chi connectivity index (χ0v) is 18.1. The van der Waals surface area contributed by atoms with Gasteiger partial charge < -0.3 is 25.0 Å². The number of rotatable bonds is 6. The Morgan fingerprint density at radius 3 is 2.83 bits per heavy atom. The van der Waals surface area contributed by atoms with Crippen LogP contribution in [-0.2, 0) is 11.3 Å². The molecule has 0 aliphatic carbocycles. The molecule has 1 aliphatic rings. The van der Waals surface area contributed by atoms with Crippen LogP contribution in [0.3, 0.4) is 0 Å². The summed E-state index contributed by atoms with van der Waals surface area (Å²) in [4.78, 5) is 18.4. The van der Waals surface area contributed by atoms with Crippen molar-refractivity contribution in [3.63, 3.8) is 0 Å². The molecule has 7 nitrogen and oxygen atoms in total. The number of aryl methyl sites for hydroxylation is 1. The summed E-state index contributed by atoms with van der Waals surface area (Å²) in [7, 11) is 5.13. The summed E-state index contributed by atoms with van der Waals surface area (Å²) in [6.45, 7) is 3.25. The second kappa shape index (κ2) is 10.0. The van der Waals surface area contributed by atoms with Gasteiger partial charge in [0, 0.05) is 31.6 Å². The fraction of sp³-hybridized carbons (Fsp3) is 0.391. The van der Waals surface area contributed by atoms with Gasteiger partial charge in [0.2, 0.25) is 5.91 Å².